The summed E-state index contributed by atoms with van der Waals surface area (Å²) < 4.78 is 43.5. The molecule has 0 aromatic heterocycles. The highest BCUT2D eigenvalue weighted by atomic mass is 35.7. The lowest BCUT2D eigenvalue weighted by molar-refractivity contribution is -0.0388. The molecule has 1 aromatic rings. The molecule has 0 aliphatic rings. The summed E-state index contributed by atoms with van der Waals surface area (Å²) in [6, 6.07) is 7.57. The summed E-state index contributed by atoms with van der Waals surface area (Å²) in [5.74, 6) is -4.49. The lowest BCUT2D eigenvalue weighted by atomic mass is 10.4. The van der Waals surface area contributed by atoms with E-state index in [2.05, 4.69) is 4.41 Å². The van der Waals surface area contributed by atoms with Gasteiger partial charge in [0.2, 0.25) is 0 Å². The molecule has 1 unspecified atom stereocenters. The van der Waals surface area contributed by atoms with Crippen molar-refractivity contribution in [3.05, 3.63) is 30.3 Å². The van der Waals surface area contributed by atoms with Gasteiger partial charge in [0.05, 0.1) is 0 Å². The highest BCUT2D eigenvalue weighted by Crippen LogP contribution is 2.67. The third-order valence-electron chi connectivity index (χ3n) is 1.87. The summed E-state index contributed by atoms with van der Waals surface area (Å²) in [6.07, 6.45) is -3.97. The number of nitrogens with zero attached hydrogens (tertiary/aromatic N) is 1. The van der Waals surface area contributed by atoms with Gasteiger partial charge in [0.15, 0.2) is 14.6 Å². The van der Waals surface area contributed by atoms with Gasteiger partial charge in [0.25, 0.3) is 0 Å². The average Bonchev–Trinajstić information content (AvgIpc) is 2.14. The second-order valence-corrected chi connectivity index (χ2v) is 13.4. The molecular weight excluding hydrogens is 286 g/mol. The van der Waals surface area contributed by atoms with Crippen molar-refractivity contribution in [3.63, 3.8) is 0 Å². The summed E-state index contributed by atoms with van der Waals surface area (Å²) in [5.41, 5.74) is 0. The Bertz CT molecular complexity index is 439. The van der Waals surface area contributed by atoms with E-state index >= 15 is 0 Å². The van der Waals surface area contributed by atoms with Crippen LogP contribution >= 0.6 is 17.6 Å². The van der Waals surface area contributed by atoms with Gasteiger partial charge in [-0.2, -0.15) is 13.2 Å². The van der Waals surface area contributed by atoms with Crippen LogP contribution < -0.4 is 5.30 Å². The molecule has 0 aliphatic heterocycles. The molecular formula is C10H14ClF3NPSi. The number of hydrogen-bond acceptors (Lipinski definition) is 1. The zero-order valence-corrected chi connectivity index (χ0v) is 12.4. The lowest BCUT2D eigenvalue weighted by Crippen LogP contribution is -2.22. The van der Waals surface area contributed by atoms with Crippen molar-refractivity contribution in [2.24, 2.45) is 4.41 Å². The Hall–Kier alpha value is -0.253. The Balaban J connectivity index is 3.48. The molecule has 0 saturated heterocycles. The third kappa shape index (κ3) is 3.60. The summed E-state index contributed by atoms with van der Waals surface area (Å²) in [7, 11) is -2.26. The quantitative estimate of drug-likeness (QED) is 0.537. The maximum atomic E-state index is 13.2. The zero-order valence-electron chi connectivity index (χ0n) is 9.79. The number of hydrogen-bond donors (Lipinski definition) is 0. The Morgan fingerprint density at radius 1 is 1.12 bits per heavy atom. The standard InChI is InChI=1S/C10H14ClF3NPSi/c1-17(2,3)15-16(11,10(12,13)14)9-7-5-4-6-8-9/h4-8H,1-3H3. The largest absolute Gasteiger partial charge is 0.437 e. The highest BCUT2D eigenvalue weighted by molar-refractivity contribution is 7.98. The topological polar surface area (TPSA) is 12.4 Å². The van der Waals surface area contributed by atoms with Crippen LogP contribution in [0.3, 0.4) is 0 Å². The molecule has 0 aliphatic carbocycles. The molecule has 0 heterocycles. The Kier molecular flexibility index (Phi) is 4.17. The Morgan fingerprint density at radius 3 is 1.94 bits per heavy atom. The number of benzene rings is 1. The van der Waals surface area contributed by atoms with Crippen LogP contribution in [-0.4, -0.2) is 14.2 Å². The molecule has 17 heavy (non-hydrogen) atoms. The molecule has 0 bridgehead atoms. The van der Waals surface area contributed by atoms with Crippen LogP contribution in [0.2, 0.25) is 19.6 Å². The predicted octanol–water partition coefficient (Wildman–Crippen LogP) is 5.02. The van der Waals surface area contributed by atoms with Crippen molar-refractivity contribution in [1.82, 2.24) is 0 Å². The van der Waals surface area contributed by atoms with E-state index in [-0.39, 0.29) is 5.30 Å². The van der Waals surface area contributed by atoms with E-state index in [1.54, 1.807) is 37.8 Å². The Labute approximate surface area is 105 Å². The van der Waals surface area contributed by atoms with E-state index in [0.717, 1.165) is 0 Å². The minimum atomic E-state index is -4.49. The maximum Gasteiger partial charge on any atom is 0.437 e. The second kappa shape index (κ2) is 4.79. The summed E-state index contributed by atoms with van der Waals surface area (Å²) >= 11 is 5.88. The monoisotopic (exact) mass is 299 g/mol. The Morgan fingerprint density at radius 2 is 1.59 bits per heavy atom. The molecule has 1 rings (SSSR count). The smallest absolute Gasteiger partial charge is 0.313 e. The first kappa shape index (κ1) is 14.8. The van der Waals surface area contributed by atoms with Crippen LogP contribution in [0, 0.1) is 0 Å². The first-order valence-corrected chi connectivity index (χ1v) is 11.1. The number of rotatable bonds is 2. The van der Waals surface area contributed by atoms with Crippen LogP contribution in [0.15, 0.2) is 34.7 Å². The first-order valence-electron chi connectivity index (χ1n) is 5.02. The molecule has 0 fully saturated rings. The maximum absolute atomic E-state index is 13.2. The molecule has 0 amide bonds. The summed E-state index contributed by atoms with van der Waals surface area (Å²) in [5, 5.41) is 0.0802. The van der Waals surface area contributed by atoms with Crippen molar-refractivity contribution in [3.8, 4) is 0 Å². The number of halogens is 4. The van der Waals surface area contributed by atoms with Crippen molar-refractivity contribution in [2.45, 2.75) is 25.6 Å². The highest BCUT2D eigenvalue weighted by Gasteiger charge is 2.48. The van der Waals surface area contributed by atoms with Gasteiger partial charge in [-0.25, -0.2) is 0 Å². The molecule has 1 atom stereocenters. The minimum Gasteiger partial charge on any atom is -0.313 e. The van der Waals surface area contributed by atoms with E-state index in [9.17, 15) is 13.2 Å². The van der Waals surface area contributed by atoms with Gasteiger partial charge in [0.1, 0.15) is 0 Å². The fourth-order valence-corrected chi connectivity index (χ4v) is 8.76. The van der Waals surface area contributed by atoms with E-state index in [4.69, 9.17) is 11.2 Å². The molecule has 0 radical (unpaired) electrons. The lowest BCUT2D eigenvalue weighted by Gasteiger charge is -2.25. The van der Waals surface area contributed by atoms with E-state index in [1.165, 1.54) is 12.1 Å². The van der Waals surface area contributed by atoms with E-state index < -0.39 is 20.6 Å². The molecule has 7 heteroatoms. The normalized spacial score (nSPS) is 16.4. The predicted molar refractivity (Wildman–Crippen MR) is 70.7 cm³/mol. The fourth-order valence-electron chi connectivity index (χ4n) is 1.30. The summed E-state index contributed by atoms with van der Waals surface area (Å²) in [6.45, 7) is 5.25. The van der Waals surface area contributed by atoms with Crippen LogP contribution in [-0.2, 0) is 0 Å². The van der Waals surface area contributed by atoms with Crippen LogP contribution in [0.5, 0.6) is 0 Å². The molecule has 0 spiro atoms. The van der Waals surface area contributed by atoms with Crippen molar-refractivity contribution in [1.29, 1.82) is 0 Å². The van der Waals surface area contributed by atoms with Gasteiger partial charge >= 0.3 is 5.92 Å². The second-order valence-electron chi connectivity index (χ2n) is 4.63. The van der Waals surface area contributed by atoms with Gasteiger partial charge in [-0.15, -0.1) is 0 Å². The van der Waals surface area contributed by atoms with E-state index in [1.807, 2.05) is 0 Å². The van der Waals surface area contributed by atoms with Crippen molar-refractivity contribution in [2.75, 3.05) is 0 Å². The molecule has 1 nitrogen and oxygen atoms in total. The minimum absolute atomic E-state index is 0.0802. The van der Waals surface area contributed by atoms with E-state index in [0.29, 0.717) is 0 Å². The van der Waals surface area contributed by atoms with Crippen LogP contribution in [0.4, 0.5) is 13.2 Å². The molecule has 0 saturated carbocycles. The molecule has 96 valence electrons. The fraction of sp³-hybridized carbons (Fsp3) is 0.400. The van der Waals surface area contributed by atoms with Crippen LogP contribution in [0.25, 0.3) is 0 Å². The van der Waals surface area contributed by atoms with Gasteiger partial charge < -0.3 is 4.41 Å². The third-order valence-corrected chi connectivity index (χ3v) is 8.87. The zero-order chi connectivity index (χ0) is 13.3. The SMILES string of the molecule is C[Si](C)(C)N=P(Cl)(c1ccccc1)C(F)(F)F. The van der Waals surface area contributed by atoms with Gasteiger partial charge in [0, 0.05) is 5.30 Å². The van der Waals surface area contributed by atoms with Gasteiger partial charge in [-0.3, -0.25) is 0 Å². The molecule has 0 N–H and O–H groups in total. The van der Waals surface area contributed by atoms with Gasteiger partial charge in [-0.1, -0.05) is 61.2 Å². The number of alkyl halides is 3. The van der Waals surface area contributed by atoms with Crippen molar-refractivity contribution >= 4 is 31.2 Å². The van der Waals surface area contributed by atoms with Crippen LogP contribution in [0.1, 0.15) is 0 Å². The first-order chi connectivity index (χ1) is 7.56. The van der Waals surface area contributed by atoms with Gasteiger partial charge in [-0.05, 0) is 0 Å². The van der Waals surface area contributed by atoms with Crippen molar-refractivity contribution < 1.29 is 13.2 Å². The average molecular weight is 300 g/mol. The summed E-state index contributed by atoms with van der Waals surface area (Å²) in [4.78, 5) is 0. The molecule has 1 aromatic carbocycles.